The first-order valence-electron chi connectivity index (χ1n) is 5.85. The van der Waals surface area contributed by atoms with Gasteiger partial charge in [0.2, 0.25) is 11.8 Å². The highest BCUT2D eigenvalue weighted by Gasteiger charge is 2.34. The summed E-state index contributed by atoms with van der Waals surface area (Å²) in [5, 5.41) is 0. The van der Waals surface area contributed by atoms with Crippen LogP contribution in [0.1, 0.15) is 13.8 Å². The molecule has 1 fully saturated rings. The van der Waals surface area contributed by atoms with Crippen LogP contribution in [0.5, 0.6) is 0 Å². The Kier molecular flexibility index (Phi) is 3.32. The fourth-order valence-corrected chi connectivity index (χ4v) is 2.21. The first-order valence-corrected chi connectivity index (χ1v) is 5.85. The lowest BCUT2D eigenvalue weighted by Gasteiger charge is -2.38. The van der Waals surface area contributed by atoms with Gasteiger partial charge < -0.3 is 9.80 Å². The Bertz CT molecular complexity index is 490. The van der Waals surface area contributed by atoms with Crippen LogP contribution in [0.3, 0.4) is 0 Å². The van der Waals surface area contributed by atoms with Crippen molar-refractivity contribution in [3.63, 3.8) is 0 Å². The summed E-state index contributed by atoms with van der Waals surface area (Å²) in [5.74, 6) is -0.806. The summed E-state index contributed by atoms with van der Waals surface area (Å²) in [5.41, 5.74) is 0.276. The molecule has 1 unspecified atom stereocenters. The molecule has 5 heteroatoms. The lowest BCUT2D eigenvalue weighted by Crippen LogP contribution is -2.57. The molecule has 0 N–H and O–H groups in total. The summed E-state index contributed by atoms with van der Waals surface area (Å²) in [4.78, 5) is 26.4. The van der Waals surface area contributed by atoms with Crippen LogP contribution in [0.25, 0.3) is 0 Å². The highest BCUT2D eigenvalue weighted by molar-refractivity contribution is 6.00. The third-order valence-corrected chi connectivity index (χ3v) is 3.20. The number of halogens is 1. The van der Waals surface area contributed by atoms with E-state index in [1.807, 2.05) is 0 Å². The van der Waals surface area contributed by atoms with Crippen molar-refractivity contribution in [3.8, 4) is 0 Å². The van der Waals surface area contributed by atoms with Crippen LogP contribution in [-0.2, 0) is 9.59 Å². The van der Waals surface area contributed by atoms with Crippen LogP contribution < -0.4 is 4.90 Å². The second-order valence-corrected chi connectivity index (χ2v) is 4.33. The van der Waals surface area contributed by atoms with Gasteiger partial charge in [-0.15, -0.1) is 0 Å². The zero-order valence-corrected chi connectivity index (χ0v) is 10.4. The normalized spacial score (nSPS) is 20.2. The van der Waals surface area contributed by atoms with Gasteiger partial charge in [0, 0.05) is 20.0 Å². The second kappa shape index (κ2) is 4.76. The molecular formula is C13H15FN2O2. The lowest BCUT2D eigenvalue weighted by molar-refractivity contribution is -0.139. The van der Waals surface area contributed by atoms with E-state index in [-0.39, 0.29) is 17.5 Å². The molecule has 1 aliphatic heterocycles. The van der Waals surface area contributed by atoms with Crippen molar-refractivity contribution < 1.29 is 14.0 Å². The predicted molar refractivity (Wildman–Crippen MR) is 65.6 cm³/mol. The van der Waals surface area contributed by atoms with E-state index in [0.29, 0.717) is 13.1 Å². The number of rotatable bonds is 1. The van der Waals surface area contributed by atoms with Crippen molar-refractivity contribution in [2.75, 3.05) is 18.0 Å². The molecule has 18 heavy (non-hydrogen) atoms. The summed E-state index contributed by atoms with van der Waals surface area (Å²) in [6, 6.07) is 5.62. The minimum atomic E-state index is -0.546. The van der Waals surface area contributed by atoms with Crippen molar-refractivity contribution in [2.45, 2.75) is 19.9 Å². The number of para-hydroxylation sites is 1. The molecule has 1 saturated heterocycles. The molecule has 1 aliphatic rings. The first-order chi connectivity index (χ1) is 8.52. The van der Waals surface area contributed by atoms with Gasteiger partial charge >= 0.3 is 0 Å². The molecule has 1 aromatic rings. The standard InChI is InChI=1S/C13H15FN2O2/c1-9-13(18)16(8-7-15(9)10(2)17)12-6-4-3-5-11(12)14/h3-6,9H,7-8H2,1-2H3. The maximum absolute atomic E-state index is 13.7. The van der Waals surface area contributed by atoms with Crippen LogP contribution in [-0.4, -0.2) is 35.8 Å². The lowest BCUT2D eigenvalue weighted by atomic mass is 10.1. The van der Waals surface area contributed by atoms with Crippen molar-refractivity contribution >= 4 is 17.5 Å². The summed E-state index contributed by atoms with van der Waals surface area (Å²) >= 11 is 0. The maximum atomic E-state index is 13.7. The van der Waals surface area contributed by atoms with Gasteiger partial charge in [-0.25, -0.2) is 4.39 Å². The van der Waals surface area contributed by atoms with Crippen molar-refractivity contribution in [3.05, 3.63) is 30.1 Å². The van der Waals surface area contributed by atoms with Crippen LogP contribution in [0.2, 0.25) is 0 Å². The zero-order chi connectivity index (χ0) is 13.3. The Morgan fingerprint density at radius 2 is 2.00 bits per heavy atom. The van der Waals surface area contributed by atoms with Gasteiger partial charge in [0.25, 0.3) is 0 Å². The SMILES string of the molecule is CC(=O)N1CCN(c2ccccc2F)C(=O)C1C. The van der Waals surface area contributed by atoms with E-state index in [0.717, 1.165) is 0 Å². The molecule has 0 spiro atoms. The average Bonchev–Trinajstić information content (AvgIpc) is 2.33. The second-order valence-electron chi connectivity index (χ2n) is 4.33. The average molecular weight is 250 g/mol. The third-order valence-electron chi connectivity index (χ3n) is 3.20. The third kappa shape index (κ3) is 2.08. The fourth-order valence-electron chi connectivity index (χ4n) is 2.21. The van der Waals surface area contributed by atoms with E-state index in [1.165, 1.54) is 22.8 Å². The molecule has 96 valence electrons. The number of hydrogen-bond acceptors (Lipinski definition) is 2. The highest BCUT2D eigenvalue weighted by Crippen LogP contribution is 2.23. The number of benzene rings is 1. The number of anilines is 1. The number of carbonyl (C=O) groups excluding carboxylic acids is 2. The summed E-state index contributed by atoms with van der Waals surface area (Å²) in [6.07, 6.45) is 0. The molecule has 0 aromatic heterocycles. The van der Waals surface area contributed by atoms with Crippen molar-refractivity contribution in [1.29, 1.82) is 0 Å². The Morgan fingerprint density at radius 1 is 1.33 bits per heavy atom. The highest BCUT2D eigenvalue weighted by atomic mass is 19.1. The van der Waals surface area contributed by atoms with E-state index in [1.54, 1.807) is 25.1 Å². The number of nitrogens with zero attached hydrogens (tertiary/aromatic N) is 2. The van der Waals surface area contributed by atoms with Crippen LogP contribution in [0.15, 0.2) is 24.3 Å². The molecular weight excluding hydrogens is 235 g/mol. The van der Waals surface area contributed by atoms with Gasteiger partial charge in [0.1, 0.15) is 11.9 Å². The Balaban J connectivity index is 2.26. The largest absolute Gasteiger partial charge is 0.329 e. The first kappa shape index (κ1) is 12.5. The molecule has 4 nitrogen and oxygen atoms in total. The van der Waals surface area contributed by atoms with Crippen molar-refractivity contribution in [2.24, 2.45) is 0 Å². The molecule has 2 rings (SSSR count). The molecule has 2 amide bonds. The molecule has 1 heterocycles. The Labute approximate surface area is 105 Å². The van der Waals surface area contributed by atoms with Gasteiger partial charge in [-0.2, -0.15) is 0 Å². The molecule has 1 atom stereocenters. The van der Waals surface area contributed by atoms with Crippen LogP contribution >= 0.6 is 0 Å². The predicted octanol–water partition coefficient (Wildman–Crippen LogP) is 1.41. The van der Waals surface area contributed by atoms with Crippen molar-refractivity contribution in [1.82, 2.24) is 4.90 Å². The summed E-state index contributed by atoms with van der Waals surface area (Å²) in [7, 11) is 0. The molecule has 0 radical (unpaired) electrons. The van der Waals surface area contributed by atoms with Gasteiger partial charge in [0.05, 0.1) is 5.69 Å². The summed E-state index contributed by atoms with van der Waals surface area (Å²) in [6.45, 7) is 3.85. The van der Waals surface area contributed by atoms with E-state index < -0.39 is 11.9 Å². The Hall–Kier alpha value is -1.91. The fraction of sp³-hybridized carbons (Fsp3) is 0.385. The van der Waals surface area contributed by atoms with Gasteiger partial charge in [-0.1, -0.05) is 12.1 Å². The number of piperazine rings is 1. The zero-order valence-electron chi connectivity index (χ0n) is 10.4. The molecule has 1 aromatic carbocycles. The molecule has 0 aliphatic carbocycles. The van der Waals surface area contributed by atoms with Gasteiger partial charge in [-0.05, 0) is 19.1 Å². The van der Waals surface area contributed by atoms with Gasteiger partial charge in [-0.3, -0.25) is 9.59 Å². The number of carbonyl (C=O) groups is 2. The number of amides is 2. The minimum absolute atomic E-state index is 0.135. The minimum Gasteiger partial charge on any atom is -0.329 e. The number of hydrogen-bond donors (Lipinski definition) is 0. The van der Waals surface area contributed by atoms with E-state index in [9.17, 15) is 14.0 Å². The van der Waals surface area contributed by atoms with Gasteiger partial charge in [0.15, 0.2) is 0 Å². The molecule has 0 saturated carbocycles. The van der Waals surface area contributed by atoms with Crippen LogP contribution in [0, 0.1) is 5.82 Å². The Morgan fingerprint density at radius 3 is 2.61 bits per heavy atom. The van der Waals surface area contributed by atoms with Crippen LogP contribution in [0.4, 0.5) is 10.1 Å². The van der Waals surface area contributed by atoms with E-state index >= 15 is 0 Å². The smallest absolute Gasteiger partial charge is 0.249 e. The topological polar surface area (TPSA) is 40.6 Å². The van der Waals surface area contributed by atoms with E-state index in [2.05, 4.69) is 0 Å². The molecule has 0 bridgehead atoms. The van der Waals surface area contributed by atoms with E-state index in [4.69, 9.17) is 0 Å². The quantitative estimate of drug-likeness (QED) is 0.756. The monoisotopic (exact) mass is 250 g/mol. The maximum Gasteiger partial charge on any atom is 0.249 e. The summed E-state index contributed by atoms with van der Waals surface area (Å²) < 4.78 is 13.7.